The highest BCUT2D eigenvalue weighted by Crippen LogP contribution is 2.27. The number of rotatable bonds is 4. The van der Waals surface area contributed by atoms with Crippen LogP contribution in [0.15, 0.2) is 61.1 Å². The number of urea groups is 1. The monoisotopic (exact) mass is 387 g/mol. The number of nitriles is 1. The van der Waals surface area contributed by atoms with Crippen molar-refractivity contribution in [2.24, 2.45) is 0 Å². The van der Waals surface area contributed by atoms with Crippen molar-refractivity contribution in [2.45, 2.75) is 18.8 Å². The zero-order valence-electron chi connectivity index (χ0n) is 15.8. The summed E-state index contributed by atoms with van der Waals surface area (Å²) in [5, 5.41) is 11.8. The van der Waals surface area contributed by atoms with Gasteiger partial charge in [0.05, 0.1) is 18.0 Å². The SMILES string of the molecule is N#Cc1ccc(Oc2cccc(NC(=O)N3CCC(c4cnc[nH]4)CC3)c2)cc1. The van der Waals surface area contributed by atoms with Crippen molar-refractivity contribution in [2.75, 3.05) is 18.4 Å². The number of benzene rings is 2. The Morgan fingerprint density at radius 2 is 1.97 bits per heavy atom. The molecule has 2 amide bonds. The lowest BCUT2D eigenvalue weighted by atomic mass is 9.94. The van der Waals surface area contributed by atoms with Gasteiger partial charge in [0.1, 0.15) is 11.5 Å². The lowest BCUT2D eigenvalue weighted by molar-refractivity contribution is 0.194. The first-order valence-corrected chi connectivity index (χ1v) is 9.53. The molecule has 1 aromatic heterocycles. The molecule has 7 heteroatoms. The zero-order valence-corrected chi connectivity index (χ0v) is 15.8. The molecule has 2 aromatic carbocycles. The van der Waals surface area contributed by atoms with Crippen LogP contribution in [0.1, 0.15) is 30.0 Å². The Kier molecular flexibility index (Phi) is 5.43. The summed E-state index contributed by atoms with van der Waals surface area (Å²) in [6.45, 7) is 1.41. The maximum atomic E-state index is 12.6. The van der Waals surface area contributed by atoms with Crippen molar-refractivity contribution in [1.82, 2.24) is 14.9 Å². The standard InChI is InChI=1S/C22H21N5O2/c23-13-16-4-6-19(7-5-16)29-20-3-1-2-18(12-20)26-22(28)27-10-8-17(9-11-27)21-14-24-15-25-21/h1-7,12,14-15,17H,8-11H2,(H,24,25)(H,26,28). The van der Waals surface area contributed by atoms with E-state index in [1.807, 2.05) is 29.3 Å². The van der Waals surface area contributed by atoms with Crippen molar-refractivity contribution >= 4 is 11.7 Å². The van der Waals surface area contributed by atoms with Gasteiger partial charge in [0.2, 0.25) is 0 Å². The molecule has 2 N–H and O–H groups in total. The summed E-state index contributed by atoms with van der Waals surface area (Å²) in [6, 6.07) is 16.1. The van der Waals surface area contributed by atoms with Gasteiger partial charge in [-0.05, 0) is 49.2 Å². The number of likely N-dealkylation sites (tertiary alicyclic amines) is 1. The zero-order chi connectivity index (χ0) is 20.1. The normalized spacial score (nSPS) is 14.2. The number of hydrogen-bond acceptors (Lipinski definition) is 4. The molecule has 1 fully saturated rings. The molecule has 3 aromatic rings. The Balaban J connectivity index is 1.34. The van der Waals surface area contributed by atoms with Crippen molar-refractivity contribution in [1.29, 1.82) is 5.26 Å². The van der Waals surface area contributed by atoms with E-state index in [0.717, 1.165) is 18.5 Å². The molecule has 4 rings (SSSR count). The van der Waals surface area contributed by atoms with Crippen LogP contribution >= 0.6 is 0 Å². The van der Waals surface area contributed by atoms with E-state index in [2.05, 4.69) is 21.4 Å². The number of piperidine rings is 1. The first-order valence-electron chi connectivity index (χ1n) is 9.53. The van der Waals surface area contributed by atoms with Crippen LogP contribution in [0.4, 0.5) is 10.5 Å². The van der Waals surface area contributed by atoms with Gasteiger partial charge in [-0.15, -0.1) is 0 Å². The van der Waals surface area contributed by atoms with Crippen LogP contribution in [0.3, 0.4) is 0 Å². The molecule has 0 spiro atoms. The van der Waals surface area contributed by atoms with Gasteiger partial charge in [-0.2, -0.15) is 5.26 Å². The first kappa shape index (κ1) is 18.6. The quantitative estimate of drug-likeness (QED) is 0.690. The fourth-order valence-corrected chi connectivity index (χ4v) is 3.46. The van der Waals surface area contributed by atoms with Crippen molar-refractivity contribution in [3.05, 3.63) is 72.3 Å². The highest BCUT2D eigenvalue weighted by molar-refractivity contribution is 5.89. The minimum Gasteiger partial charge on any atom is -0.457 e. The summed E-state index contributed by atoms with van der Waals surface area (Å²) >= 11 is 0. The number of H-pyrrole nitrogens is 1. The molecule has 2 heterocycles. The van der Waals surface area contributed by atoms with Gasteiger partial charge < -0.3 is 19.9 Å². The lowest BCUT2D eigenvalue weighted by Crippen LogP contribution is -2.40. The molecule has 29 heavy (non-hydrogen) atoms. The van der Waals surface area contributed by atoms with Crippen LogP contribution in [0.25, 0.3) is 0 Å². The van der Waals surface area contributed by atoms with E-state index in [9.17, 15) is 4.79 Å². The number of nitrogens with zero attached hydrogens (tertiary/aromatic N) is 3. The first-order chi connectivity index (χ1) is 14.2. The Hall–Kier alpha value is -3.79. The van der Waals surface area contributed by atoms with Gasteiger partial charge in [0, 0.05) is 42.7 Å². The van der Waals surface area contributed by atoms with Crippen molar-refractivity contribution in [3.8, 4) is 17.6 Å². The molecular formula is C22H21N5O2. The van der Waals surface area contributed by atoms with Crippen LogP contribution < -0.4 is 10.1 Å². The van der Waals surface area contributed by atoms with Crippen LogP contribution in [0, 0.1) is 11.3 Å². The number of nitrogens with one attached hydrogen (secondary N) is 2. The minimum atomic E-state index is -0.108. The second-order valence-corrected chi connectivity index (χ2v) is 6.96. The molecule has 0 atom stereocenters. The second-order valence-electron chi connectivity index (χ2n) is 6.96. The van der Waals surface area contributed by atoms with Gasteiger partial charge >= 0.3 is 6.03 Å². The van der Waals surface area contributed by atoms with E-state index in [4.69, 9.17) is 10.00 Å². The minimum absolute atomic E-state index is 0.108. The molecule has 0 unspecified atom stereocenters. The number of carbonyl (C=O) groups is 1. The third-order valence-corrected chi connectivity index (χ3v) is 5.05. The topological polar surface area (TPSA) is 94.0 Å². The van der Waals surface area contributed by atoms with E-state index in [1.54, 1.807) is 36.7 Å². The molecule has 1 aliphatic heterocycles. The fraction of sp³-hybridized carbons (Fsp3) is 0.227. The van der Waals surface area contributed by atoms with E-state index < -0.39 is 0 Å². The summed E-state index contributed by atoms with van der Waals surface area (Å²) in [4.78, 5) is 21.7. The van der Waals surface area contributed by atoms with Crippen LogP contribution in [-0.4, -0.2) is 34.0 Å². The number of amides is 2. The molecule has 146 valence electrons. The molecule has 0 aliphatic carbocycles. The molecule has 0 radical (unpaired) electrons. The van der Waals surface area contributed by atoms with Crippen molar-refractivity contribution in [3.63, 3.8) is 0 Å². The van der Waals surface area contributed by atoms with Gasteiger partial charge in [0.15, 0.2) is 0 Å². The van der Waals surface area contributed by atoms with Gasteiger partial charge in [-0.25, -0.2) is 9.78 Å². The third kappa shape index (κ3) is 4.55. The number of carbonyl (C=O) groups excluding carboxylic acids is 1. The number of hydrogen-bond donors (Lipinski definition) is 2. The van der Waals surface area contributed by atoms with Crippen LogP contribution in [-0.2, 0) is 0 Å². The predicted octanol–water partition coefficient (Wildman–Crippen LogP) is 4.49. The van der Waals surface area contributed by atoms with Gasteiger partial charge in [-0.1, -0.05) is 6.07 Å². The second kappa shape index (κ2) is 8.48. The number of ether oxygens (including phenoxy) is 1. The van der Waals surface area contributed by atoms with Crippen molar-refractivity contribution < 1.29 is 9.53 Å². The van der Waals surface area contributed by atoms with Gasteiger partial charge in [-0.3, -0.25) is 0 Å². The molecule has 1 saturated heterocycles. The summed E-state index contributed by atoms with van der Waals surface area (Å²) in [7, 11) is 0. The molecule has 7 nitrogen and oxygen atoms in total. The molecule has 0 saturated carbocycles. The summed E-state index contributed by atoms with van der Waals surface area (Å²) in [6.07, 6.45) is 5.38. The summed E-state index contributed by atoms with van der Waals surface area (Å²) < 4.78 is 5.82. The lowest BCUT2D eigenvalue weighted by Gasteiger charge is -2.31. The average molecular weight is 387 g/mol. The number of imidazole rings is 1. The highest BCUT2D eigenvalue weighted by atomic mass is 16.5. The van der Waals surface area contributed by atoms with E-state index in [1.165, 1.54) is 0 Å². The van der Waals surface area contributed by atoms with Crippen LogP contribution in [0.2, 0.25) is 0 Å². The molecule has 0 bridgehead atoms. The number of aromatic amines is 1. The largest absolute Gasteiger partial charge is 0.457 e. The van der Waals surface area contributed by atoms with E-state index in [-0.39, 0.29) is 6.03 Å². The Morgan fingerprint density at radius 1 is 1.17 bits per heavy atom. The fourth-order valence-electron chi connectivity index (χ4n) is 3.46. The van der Waals surface area contributed by atoms with Crippen LogP contribution in [0.5, 0.6) is 11.5 Å². The average Bonchev–Trinajstić information content (AvgIpc) is 3.30. The van der Waals surface area contributed by atoms with E-state index in [0.29, 0.717) is 41.8 Å². The Morgan fingerprint density at radius 3 is 2.66 bits per heavy atom. The third-order valence-electron chi connectivity index (χ3n) is 5.05. The highest BCUT2D eigenvalue weighted by Gasteiger charge is 2.24. The number of anilines is 1. The van der Waals surface area contributed by atoms with Gasteiger partial charge in [0.25, 0.3) is 0 Å². The Bertz CT molecular complexity index is 1000. The molecule has 1 aliphatic rings. The maximum absolute atomic E-state index is 12.6. The number of aromatic nitrogens is 2. The smallest absolute Gasteiger partial charge is 0.321 e. The molecular weight excluding hydrogens is 366 g/mol. The Labute approximate surface area is 169 Å². The van der Waals surface area contributed by atoms with E-state index >= 15 is 0 Å². The summed E-state index contributed by atoms with van der Waals surface area (Å²) in [5.74, 6) is 1.67. The predicted molar refractivity (Wildman–Crippen MR) is 109 cm³/mol. The maximum Gasteiger partial charge on any atom is 0.321 e. The summed E-state index contributed by atoms with van der Waals surface area (Å²) in [5.41, 5.74) is 2.39.